The molecule has 0 aliphatic carbocycles. The molecule has 4 aromatic rings. The second kappa shape index (κ2) is 6.99. The number of aromatic nitrogens is 3. The Bertz CT molecular complexity index is 1420. The fourth-order valence-electron chi connectivity index (χ4n) is 4.83. The Balaban J connectivity index is 1.79. The third-order valence-electron chi connectivity index (χ3n) is 6.13. The molecule has 158 valence electrons. The number of likely N-dealkylation sites (N-methyl/N-ethyl adjacent to an activating group) is 1. The lowest BCUT2D eigenvalue weighted by Gasteiger charge is -2.33. The molecule has 0 amide bonds. The maximum atomic E-state index is 13.0. The van der Waals surface area contributed by atoms with E-state index >= 15 is 0 Å². The van der Waals surface area contributed by atoms with Crippen molar-refractivity contribution in [1.29, 1.82) is 0 Å². The molecule has 0 bridgehead atoms. The number of hydrogen-bond acceptors (Lipinski definition) is 4. The van der Waals surface area contributed by atoms with Crippen molar-refractivity contribution in [3.63, 3.8) is 0 Å². The molecule has 7 nitrogen and oxygen atoms in total. The Morgan fingerprint density at radius 2 is 1.74 bits per heavy atom. The fourth-order valence-corrected chi connectivity index (χ4v) is 4.83. The van der Waals surface area contributed by atoms with Gasteiger partial charge in [-0.25, -0.2) is 9.36 Å². The highest BCUT2D eigenvalue weighted by Gasteiger charge is 2.34. The van der Waals surface area contributed by atoms with Gasteiger partial charge in [-0.1, -0.05) is 24.3 Å². The molecule has 7 heteroatoms. The number of hydrogen-bond donors (Lipinski definition) is 3. The van der Waals surface area contributed by atoms with Gasteiger partial charge in [0.2, 0.25) is 5.88 Å². The summed E-state index contributed by atoms with van der Waals surface area (Å²) in [7, 11) is 1.92. The van der Waals surface area contributed by atoms with Crippen LogP contribution in [0, 0.1) is 13.8 Å². The summed E-state index contributed by atoms with van der Waals surface area (Å²) in [5.41, 5.74) is 4.37. The molecule has 0 radical (unpaired) electrons. The zero-order valence-corrected chi connectivity index (χ0v) is 17.7. The van der Waals surface area contributed by atoms with Crippen LogP contribution in [0.3, 0.4) is 0 Å². The van der Waals surface area contributed by atoms with Crippen LogP contribution >= 0.6 is 0 Å². The van der Waals surface area contributed by atoms with Gasteiger partial charge in [0.1, 0.15) is 5.56 Å². The minimum absolute atomic E-state index is 0.161. The van der Waals surface area contributed by atoms with E-state index < -0.39 is 17.3 Å². The van der Waals surface area contributed by atoms with Gasteiger partial charge in [0.05, 0.1) is 11.7 Å². The minimum atomic E-state index is -0.661. The zero-order valence-electron chi connectivity index (χ0n) is 17.7. The van der Waals surface area contributed by atoms with E-state index in [1.54, 1.807) is 0 Å². The van der Waals surface area contributed by atoms with Crippen LogP contribution in [0.15, 0.2) is 52.1 Å². The van der Waals surface area contributed by atoms with E-state index in [0.717, 1.165) is 46.3 Å². The van der Waals surface area contributed by atoms with Crippen molar-refractivity contribution in [2.75, 3.05) is 13.6 Å². The number of rotatable bonds is 2. The first-order valence-electron chi connectivity index (χ1n) is 10.3. The zero-order chi connectivity index (χ0) is 21.9. The number of para-hydroxylation sites is 1. The second-order valence-electron chi connectivity index (χ2n) is 8.37. The minimum Gasteiger partial charge on any atom is -0.494 e. The topological polar surface area (TPSA) is 94.1 Å². The lowest BCUT2D eigenvalue weighted by Crippen LogP contribution is -2.39. The normalized spacial score (nSPS) is 16.5. The highest BCUT2D eigenvalue weighted by Crippen LogP contribution is 2.39. The molecule has 0 unspecified atom stereocenters. The quantitative estimate of drug-likeness (QED) is 0.468. The lowest BCUT2D eigenvalue weighted by molar-refractivity contribution is 0.252. The van der Waals surface area contributed by atoms with E-state index in [0.29, 0.717) is 5.69 Å². The highest BCUT2D eigenvalue weighted by atomic mass is 16.3. The van der Waals surface area contributed by atoms with Gasteiger partial charge in [-0.05, 0) is 62.2 Å². The van der Waals surface area contributed by atoms with Crippen molar-refractivity contribution >= 4 is 10.9 Å². The van der Waals surface area contributed by atoms with Gasteiger partial charge in [-0.15, -0.1) is 0 Å². The second-order valence-corrected chi connectivity index (χ2v) is 8.37. The standard InChI is InChI=1S/C24H24N4O3/c1-13-10-14(2)12-15(11-13)28-23(30)19(22(29)26-24(28)31)21-20-17(8-9-27(21)3)16-6-4-5-7-18(16)25-20/h4-7,10-12,21,25,30H,8-9H2,1-3H3,(H,26,29,31)/t21-/m1/s1. The smallest absolute Gasteiger partial charge is 0.335 e. The van der Waals surface area contributed by atoms with Gasteiger partial charge in [-0.3, -0.25) is 14.7 Å². The highest BCUT2D eigenvalue weighted by molar-refractivity contribution is 5.85. The van der Waals surface area contributed by atoms with Crippen molar-refractivity contribution in [3.8, 4) is 11.6 Å². The van der Waals surface area contributed by atoms with Crippen molar-refractivity contribution in [2.24, 2.45) is 0 Å². The first kappa shape index (κ1) is 19.4. The third kappa shape index (κ3) is 3.00. The molecule has 0 fully saturated rings. The molecule has 2 aromatic carbocycles. The number of aromatic hydroxyl groups is 1. The molecule has 1 aliphatic heterocycles. The Morgan fingerprint density at radius 3 is 2.48 bits per heavy atom. The predicted molar refractivity (Wildman–Crippen MR) is 120 cm³/mol. The van der Waals surface area contributed by atoms with E-state index in [1.807, 2.05) is 62.2 Å². The third-order valence-corrected chi connectivity index (χ3v) is 6.13. The van der Waals surface area contributed by atoms with Gasteiger partial charge in [0, 0.05) is 23.1 Å². The van der Waals surface area contributed by atoms with Crippen molar-refractivity contribution in [3.05, 3.63) is 91.3 Å². The van der Waals surface area contributed by atoms with E-state index in [2.05, 4.69) is 16.0 Å². The number of benzene rings is 2. The Morgan fingerprint density at radius 1 is 1.03 bits per heavy atom. The molecule has 5 rings (SSSR count). The maximum Gasteiger partial charge on any atom is 0.335 e. The summed E-state index contributed by atoms with van der Waals surface area (Å²) in [4.78, 5) is 33.6. The van der Waals surface area contributed by atoms with Crippen LogP contribution in [0.4, 0.5) is 0 Å². The van der Waals surface area contributed by atoms with Crippen LogP contribution in [0.1, 0.15) is 34.0 Å². The average molecular weight is 416 g/mol. The molecule has 1 aliphatic rings. The van der Waals surface area contributed by atoms with Crippen molar-refractivity contribution < 1.29 is 5.11 Å². The molecule has 0 saturated heterocycles. The van der Waals surface area contributed by atoms with Gasteiger partial charge >= 0.3 is 5.69 Å². The summed E-state index contributed by atoms with van der Waals surface area (Å²) >= 11 is 0. The van der Waals surface area contributed by atoms with Crippen molar-refractivity contribution in [1.82, 2.24) is 19.4 Å². The van der Waals surface area contributed by atoms with E-state index in [-0.39, 0.29) is 11.4 Å². The van der Waals surface area contributed by atoms with E-state index in [4.69, 9.17) is 0 Å². The molecular formula is C24H24N4O3. The van der Waals surface area contributed by atoms with Gasteiger partial charge in [0.25, 0.3) is 5.56 Å². The predicted octanol–water partition coefficient (Wildman–Crippen LogP) is 2.91. The molecule has 0 saturated carbocycles. The van der Waals surface area contributed by atoms with E-state index in [1.165, 1.54) is 4.57 Å². The van der Waals surface area contributed by atoms with E-state index in [9.17, 15) is 14.7 Å². The van der Waals surface area contributed by atoms with Crippen LogP contribution in [0.25, 0.3) is 16.6 Å². The van der Waals surface area contributed by atoms with Crippen LogP contribution in [-0.2, 0) is 6.42 Å². The van der Waals surface area contributed by atoms with Crippen molar-refractivity contribution in [2.45, 2.75) is 26.3 Å². The molecule has 2 aromatic heterocycles. The maximum absolute atomic E-state index is 13.0. The molecule has 1 atom stereocenters. The summed E-state index contributed by atoms with van der Waals surface area (Å²) in [6.07, 6.45) is 0.835. The molecule has 3 heterocycles. The summed E-state index contributed by atoms with van der Waals surface area (Å²) in [6, 6.07) is 13.1. The summed E-state index contributed by atoms with van der Waals surface area (Å²) in [5.74, 6) is -0.331. The molecule has 3 N–H and O–H groups in total. The number of H-pyrrole nitrogens is 2. The number of nitrogens with one attached hydrogen (secondary N) is 2. The van der Waals surface area contributed by atoms with Crippen LogP contribution in [0.5, 0.6) is 5.88 Å². The Labute approximate surface area is 178 Å². The monoisotopic (exact) mass is 416 g/mol. The van der Waals surface area contributed by atoms with Gasteiger partial charge < -0.3 is 10.1 Å². The van der Waals surface area contributed by atoms with Crippen LogP contribution in [0.2, 0.25) is 0 Å². The average Bonchev–Trinajstić information content (AvgIpc) is 3.07. The summed E-state index contributed by atoms with van der Waals surface area (Å²) in [5, 5.41) is 12.4. The van der Waals surface area contributed by atoms with Crippen LogP contribution in [-0.4, -0.2) is 38.1 Å². The van der Waals surface area contributed by atoms with Gasteiger partial charge in [-0.2, -0.15) is 0 Å². The number of aryl methyl sites for hydroxylation is 2. The Kier molecular flexibility index (Phi) is 4.37. The van der Waals surface area contributed by atoms with Gasteiger partial charge in [0.15, 0.2) is 0 Å². The SMILES string of the molecule is Cc1cc(C)cc(-n2c(O)c([C@@H]3c4[nH]c5ccccc5c4CCN3C)c(=O)[nH]c2=O)c1. The molecule has 0 spiro atoms. The first-order valence-corrected chi connectivity index (χ1v) is 10.3. The number of fused-ring (bicyclic) bond motifs is 3. The first-order chi connectivity index (χ1) is 14.8. The number of nitrogens with zero attached hydrogens (tertiary/aromatic N) is 2. The lowest BCUT2D eigenvalue weighted by atomic mass is 9.93. The van der Waals surface area contributed by atoms with Crippen LogP contribution < -0.4 is 11.2 Å². The summed E-state index contributed by atoms with van der Waals surface area (Å²) in [6.45, 7) is 4.58. The number of aromatic amines is 2. The molecular weight excluding hydrogens is 392 g/mol. The Hall–Kier alpha value is -3.58. The molecule has 31 heavy (non-hydrogen) atoms. The summed E-state index contributed by atoms with van der Waals surface area (Å²) < 4.78 is 1.18. The fraction of sp³-hybridized carbons (Fsp3) is 0.250. The largest absolute Gasteiger partial charge is 0.494 e.